The number of nitrogen functional groups attached to an aromatic ring is 1. The summed E-state index contributed by atoms with van der Waals surface area (Å²) in [5, 5.41) is 3.04. The van der Waals surface area contributed by atoms with E-state index in [9.17, 15) is 9.59 Å². The van der Waals surface area contributed by atoms with Crippen molar-refractivity contribution in [3.05, 3.63) is 22.1 Å². The highest BCUT2D eigenvalue weighted by atomic mass is 16.5. The Hall–Kier alpha value is -2.79. The molecule has 0 spiro atoms. The fourth-order valence-electron chi connectivity index (χ4n) is 2.30. The molecule has 0 radical (unpaired) electrons. The minimum atomic E-state index is -0.330. The molecule has 0 unspecified atom stereocenters. The Morgan fingerprint density at radius 1 is 1.52 bits per heavy atom. The lowest BCUT2D eigenvalue weighted by Gasteiger charge is -2.07. The van der Waals surface area contributed by atoms with Crippen molar-refractivity contribution in [2.75, 3.05) is 25.5 Å². The summed E-state index contributed by atoms with van der Waals surface area (Å²) in [7, 11) is 0. The molecule has 0 bridgehead atoms. The van der Waals surface area contributed by atoms with Gasteiger partial charge in [-0.3, -0.25) is 14.6 Å². The third-order valence-corrected chi connectivity index (χ3v) is 3.44. The second-order valence-electron chi connectivity index (χ2n) is 5.82. The van der Waals surface area contributed by atoms with Crippen molar-refractivity contribution in [2.45, 2.75) is 33.2 Å². The van der Waals surface area contributed by atoms with Crippen LogP contribution in [0.5, 0.6) is 0 Å². The molecule has 0 fully saturated rings. The highest BCUT2D eigenvalue weighted by Crippen LogP contribution is 2.19. The molecular weight excluding hydrogens is 322 g/mol. The number of amides is 1. The van der Waals surface area contributed by atoms with Crippen LogP contribution in [-0.2, 0) is 9.53 Å². The molecule has 0 aliphatic carbocycles. The molecule has 2 aromatic rings. The second kappa shape index (κ2) is 8.35. The van der Waals surface area contributed by atoms with Crippen molar-refractivity contribution in [1.29, 1.82) is 0 Å². The van der Waals surface area contributed by atoms with E-state index in [2.05, 4.69) is 27.1 Å². The van der Waals surface area contributed by atoms with E-state index in [1.807, 2.05) is 25.3 Å². The monoisotopic (exact) mass is 345 g/mol. The molecule has 0 saturated carbocycles. The van der Waals surface area contributed by atoms with Crippen LogP contribution in [-0.4, -0.2) is 40.2 Å². The third-order valence-electron chi connectivity index (χ3n) is 3.44. The maximum Gasteiger partial charge on any atom is 0.263 e. The van der Waals surface area contributed by atoms with Crippen LogP contribution in [0.2, 0.25) is 0 Å². The van der Waals surface area contributed by atoms with Crippen molar-refractivity contribution < 1.29 is 9.53 Å². The number of rotatable bonds is 6. The van der Waals surface area contributed by atoms with Gasteiger partial charge in [0.05, 0.1) is 17.5 Å². The number of nitrogens with two attached hydrogens (primary N) is 1. The highest BCUT2D eigenvalue weighted by molar-refractivity contribution is 5.84. The largest absolute Gasteiger partial charge is 0.372 e. The summed E-state index contributed by atoms with van der Waals surface area (Å²) < 4.78 is 6.99. The van der Waals surface area contributed by atoms with E-state index in [1.54, 1.807) is 6.20 Å². The normalized spacial score (nSPS) is 10.7. The van der Waals surface area contributed by atoms with E-state index < -0.39 is 0 Å². The lowest BCUT2D eigenvalue weighted by molar-refractivity contribution is -0.125. The first-order valence-corrected chi connectivity index (χ1v) is 8.17. The van der Waals surface area contributed by atoms with Gasteiger partial charge in [0.1, 0.15) is 6.61 Å². The van der Waals surface area contributed by atoms with Crippen LogP contribution in [0.15, 0.2) is 11.0 Å². The summed E-state index contributed by atoms with van der Waals surface area (Å²) >= 11 is 0. The van der Waals surface area contributed by atoms with E-state index in [-0.39, 0.29) is 36.6 Å². The number of carbonyl (C=O) groups is 1. The minimum Gasteiger partial charge on any atom is -0.372 e. The number of anilines is 1. The summed E-state index contributed by atoms with van der Waals surface area (Å²) in [6.45, 7) is 6.67. The molecule has 8 heteroatoms. The average Bonchev–Trinajstić information content (AvgIpc) is 2.91. The van der Waals surface area contributed by atoms with Crippen molar-refractivity contribution >= 4 is 22.9 Å². The molecule has 0 saturated heterocycles. The topological polar surface area (TPSA) is 115 Å². The van der Waals surface area contributed by atoms with Crippen LogP contribution in [0.1, 0.15) is 38.8 Å². The van der Waals surface area contributed by atoms with Crippen LogP contribution in [0.3, 0.4) is 0 Å². The standard InChI is InChI=1S/C17H23N5O3/c1-4-8-25-10-13(23)19-7-5-6-12-9-22(11(2)3)15-14(12)16(24)21-17(18)20-15/h9,11H,4,7-8,10H2,1-3H3,(H,19,23)(H3,18,20,21,24). The molecule has 2 rings (SSSR count). The Morgan fingerprint density at radius 3 is 2.96 bits per heavy atom. The van der Waals surface area contributed by atoms with Gasteiger partial charge >= 0.3 is 0 Å². The zero-order valence-corrected chi connectivity index (χ0v) is 14.7. The van der Waals surface area contributed by atoms with Crippen LogP contribution < -0.4 is 16.6 Å². The maximum absolute atomic E-state index is 12.2. The summed E-state index contributed by atoms with van der Waals surface area (Å²) in [6.07, 6.45) is 2.64. The maximum atomic E-state index is 12.2. The molecule has 0 aromatic carbocycles. The highest BCUT2D eigenvalue weighted by Gasteiger charge is 2.14. The molecule has 134 valence electrons. The van der Waals surface area contributed by atoms with Gasteiger partial charge < -0.3 is 20.4 Å². The van der Waals surface area contributed by atoms with Gasteiger partial charge in [0, 0.05) is 18.8 Å². The molecule has 0 aliphatic heterocycles. The zero-order chi connectivity index (χ0) is 18.4. The molecule has 0 aliphatic rings. The van der Waals surface area contributed by atoms with E-state index >= 15 is 0 Å². The number of aromatic nitrogens is 3. The predicted octanol–water partition coefficient (Wildman–Crippen LogP) is 0.782. The number of nitrogens with one attached hydrogen (secondary N) is 2. The Bertz CT molecular complexity index is 870. The van der Waals surface area contributed by atoms with Gasteiger partial charge in [-0.15, -0.1) is 0 Å². The molecule has 25 heavy (non-hydrogen) atoms. The number of aromatic amines is 1. The molecule has 2 heterocycles. The van der Waals surface area contributed by atoms with Crippen LogP contribution >= 0.6 is 0 Å². The molecule has 0 atom stereocenters. The van der Waals surface area contributed by atoms with Crippen molar-refractivity contribution in [2.24, 2.45) is 0 Å². The van der Waals surface area contributed by atoms with Gasteiger partial charge in [-0.1, -0.05) is 18.8 Å². The lowest BCUT2D eigenvalue weighted by Crippen LogP contribution is -2.27. The van der Waals surface area contributed by atoms with E-state index in [0.29, 0.717) is 23.2 Å². The quantitative estimate of drug-likeness (QED) is 0.529. The second-order valence-corrected chi connectivity index (χ2v) is 5.82. The summed E-state index contributed by atoms with van der Waals surface area (Å²) in [5.74, 6) is 5.61. The van der Waals surface area contributed by atoms with Crippen molar-refractivity contribution in [3.63, 3.8) is 0 Å². The summed E-state index contributed by atoms with van der Waals surface area (Å²) in [5.41, 5.74) is 6.35. The van der Waals surface area contributed by atoms with Crippen LogP contribution in [0.25, 0.3) is 11.0 Å². The molecular formula is C17H23N5O3. The fraction of sp³-hybridized carbons (Fsp3) is 0.471. The molecule has 2 aromatic heterocycles. The van der Waals surface area contributed by atoms with Crippen molar-refractivity contribution in [1.82, 2.24) is 19.9 Å². The lowest BCUT2D eigenvalue weighted by atomic mass is 10.2. The van der Waals surface area contributed by atoms with E-state index in [0.717, 1.165) is 6.42 Å². The Labute approximate surface area is 145 Å². The minimum absolute atomic E-state index is 0.0189. The first kappa shape index (κ1) is 18.5. The summed E-state index contributed by atoms with van der Waals surface area (Å²) in [6, 6.07) is 0.0992. The van der Waals surface area contributed by atoms with Gasteiger partial charge in [-0.25, -0.2) is 0 Å². The fourth-order valence-corrected chi connectivity index (χ4v) is 2.30. The van der Waals surface area contributed by atoms with Crippen LogP contribution in [0.4, 0.5) is 5.95 Å². The van der Waals surface area contributed by atoms with Gasteiger partial charge in [0.15, 0.2) is 5.65 Å². The number of H-pyrrole nitrogens is 1. The predicted molar refractivity (Wildman–Crippen MR) is 96.1 cm³/mol. The van der Waals surface area contributed by atoms with Crippen LogP contribution in [0, 0.1) is 11.8 Å². The number of hydrogen-bond donors (Lipinski definition) is 3. The van der Waals surface area contributed by atoms with Gasteiger partial charge in [0.25, 0.3) is 5.56 Å². The van der Waals surface area contributed by atoms with Gasteiger partial charge in [0.2, 0.25) is 11.9 Å². The van der Waals surface area contributed by atoms with Crippen molar-refractivity contribution in [3.8, 4) is 11.8 Å². The number of hydrogen-bond acceptors (Lipinski definition) is 5. The first-order valence-electron chi connectivity index (χ1n) is 8.17. The summed E-state index contributed by atoms with van der Waals surface area (Å²) in [4.78, 5) is 30.4. The smallest absolute Gasteiger partial charge is 0.263 e. The average molecular weight is 345 g/mol. The Kier molecular flexibility index (Phi) is 6.19. The Balaban J connectivity index is 2.17. The van der Waals surface area contributed by atoms with Gasteiger partial charge in [-0.05, 0) is 20.3 Å². The molecule has 4 N–H and O–H groups in total. The first-order chi connectivity index (χ1) is 11.9. The number of nitrogens with zero attached hydrogens (tertiary/aromatic N) is 2. The van der Waals surface area contributed by atoms with Gasteiger partial charge in [-0.2, -0.15) is 4.98 Å². The molecule has 1 amide bonds. The SMILES string of the molecule is CCCOCC(=O)NCC#Cc1cn(C(C)C)c2nc(N)[nH]c(=O)c12. The zero-order valence-electron chi connectivity index (χ0n) is 14.7. The van der Waals surface area contributed by atoms with E-state index in [4.69, 9.17) is 10.5 Å². The molecule has 8 nitrogen and oxygen atoms in total. The third kappa shape index (κ3) is 4.61. The number of fused-ring (bicyclic) bond motifs is 1. The van der Waals surface area contributed by atoms with E-state index in [1.165, 1.54) is 0 Å². The number of carbonyl (C=O) groups excluding carboxylic acids is 1. The Morgan fingerprint density at radius 2 is 2.28 bits per heavy atom. The number of ether oxygens (including phenoxy) is 1.